The average molecular weight is 397 g/mol. The molecule has 1 aliphatic heterocycles. The molecular weight excluding hydrogens is 377 g/mol. The molecule has 0 spiro atoms. The van der Waals surface area contributed by atoms with E-state index in [4.69, 9.17) is 4.74 Å². The van der Waals surface area contributed by atoms with Crippen molar-refractivity contribution in [1.29, 1.82) is 0 Å². The summed E-state index contributed by atoms with van der Waals surface area (Å²) >= 11 is 0. The lowest BCUT2D eigenvalue weighted by molar-refractivity contribution is -0.0261. The van der Waals surface area contributed by atoms with E-state index in [9.17, 15) is 19.4 Å². The second-order valence-electron chi connectivity index (χ2n) is 7.01. The van der Waals surface area contributed by atoms with E-state index in [1.165, 1.54) is 18.3 Å². The number of nitrogens with zero attached hydrogens (tertiary/aromatic N) is 2. The first-order chi connectivity index (χ1) is 14.0. The molecule has 29 heavy (non-hydrogen) atoms. The van der Waals surface area contributed by atoms with Gasteiger partial charge in [-0.1, -0.05) is 18.2 Å². The third-order valence-electron chi connectivity index (χ3n) is 4.96. The first-order valence-electron chi connectivity index (χ1n) is 9.30. The van der Waals surface area contributed by atoms with E-state index in [0.29, 0.717) is 30.4 Å². The molecule has 2 atom stereocenters. The molecule has 0 bridgehead atoms. The zero-order valence-corrected chi connectivity index (χ0v) is 15.5. The van der Waals surface area contributed by atoms with Crippen LogP contribution in [0.1, 0.15) is 28.0 Å². The molecule has 8 heteroatoms. The molecule has 0 saturated carbocycles. The van der Waals surface area contributed by atoms with Crippen LogP contribution in [0.5, 0.6) is 5.88 Å². The number of aromatic hydroxyl groups is 1. The zero-order valence-electron chi connectivity index (χ0n) is 15.5. The van der Waals surface area contributed by atoms with Crippen molar-refractivity contribution in [2.24, 2.45) is 0 Å². The molecule has 2 aromatic heterocycles. The molecule has 1 saturated heterocycles. The lowest BCUT2D eigenvalue weighted by Gasteiger charge is -2.28. The SMILES string of the molecule is O=C(NC1CCOCC1O)c1cc(Cc2ccc(O)nc2)c2cccc(F)c2n1. The normalized spacial score (nSPS) is 19.2. The van der Waals surface area contributed by atoms with Crippen molar-refractivity contribution in [1.82, 2.24) is 15.3 Å². The second-order valence-corrected chi connectivity index (χ2v) is 7.01. The molecule has 7 nitrogen and oxygen atoms in total. The van der Waals surface area contributed by atoms with Crippen LogP contribution in [0.25, 0.3) is 10.9 Å². The monoisotopic (exact) mass is 397 g/mol. The van der Waals surface area contributed by atoms with Gasteiger partial charge in [-0.15, -0.1) is 0 Å². The lowest BCUT2D eigenvalue weighted by atomic mass is 10.00. The van der Waals surface area contributed by atoms with Gasteiger partial charge in [-0.05, 0) is 36.1 Å². The summed E-state index contributed by atoms with van der Waals surface area (Å²) < 4.78 is 19.6. The minimum Gasteiger partial charge on any atom is -0.493 e. The number of hydrogen-bond donors (Lipinski definition) is 3. The lowest BCUT2D eigenvalue weighted by Crippen LogP contribution is -2.48. The van der Waals surface area contributed by atoms with Gasteiger partial charge in [-0.3, -0.25) is 4.79 Å². The second kappa shape index (κ2) is 8.10. The van der Waals surface area contributed by atoms with E-state index in [2.05, 4.69) is 15.3 Å². The van der Waals surface area contributed by atoms with Gasteiger partial charge in [0.2, 0.25) is 5.88 Å². The molecule has 3 heterocycles. The number of halogens is 1. The molecular formula is C21H20FN3O4. The van der Waals surface area contributed by atoms with Crippen LogP contribution < -0.4 is 5.32 Å². The first kappa shape index (κ1) is 19.2. The number of benzene rings is 1. The van der Waals surface area contributed by atoms with Gasteiger partial charge in [-0.2, -0.15) is 0 Å². The number of para-hydroxylation sites is 1. The Balaban J connectivity index is 1.69. The number of nitrogens with one attached hydrogen (secondary N) is 1. The van der Waals surface area contributed by atoms with Crippen LogP contribution in [-0.4, -0.2) is 51.4 Å². The minimum absolute atomic E-state index is 0.0722. The Morgan fingerprint density at radius 2 is 2.17 bits per heavy atom. The molecule has 3 N–H and O–H groups in total. The van der Waals surface area contributed by atoms with E-state index < -0.39 is 23.9 Å². The van der Waals surface area contributed by atoms with Crippen molar-refractivity contribution in [2.75, 3.05) is 13.2 Å². The van der Waals surface area contributed by atoms with E-state index in [0.717, 1.165) is 5.56 Å². The Labute approximate surface area is 166 Å². The van der Waals surface area contributed by atoms with Crippen LogP contribution in [-0.2, 0) is 11.2 Å². The highest BCUT2D eigenvalue weighted by Crippen LogP contribution is 2.24. The molecule has 4 rings (SSSR count). The summed E-state index contributed by atoms with van der Waals surface area (Å²) in [5, 5.41) is 22.7. The van der Waals surface area contributed by atoms with Crippen molar-refractivity contribution in [3.63, 3.8) is 0 Å². The summed E-state index contributed by atoms with van der Waals surface area (Å²) in [5.41, 5.74) is 1.68. The van der Waals surface area contributed by atoms with Gasteiger partial charge in [0.25, 0.3) is 5.91 Å². The summed E-state index contributed by atoms with van der Waals surface area (Å²) in [6.45, 7) is 0.602. The Morgan fingerprint density at radius 3 is 2.93 bits per heavy atom. The minimum atomic E-state index is -0.799. The van der Waals surface area contributed by atoms with Crippen molar-refractivity contribution < 1.29 is 24.1 Å². The number of carbonyl (C=O) groups excluding carboxylic acids is 1. The number of carbonyl (C=O) groups is 1. The van der Waals surface area contributed by atoms with E-state index in [1.54, 1.807) is 24.3 Å². The Hall–Kier alpha value is -3.10. The molecule has 0 aliphatic carbocycles. The summed E-state index contributed by atoms with van der Waals surface area (Å²) in [6.07, 6.45) is 1.60. The molecule has 150 valence electrons. The number of aliphatic hydroxyl groups is 1. The Bertz CT molecular complexity index is 1040. The fraction of sp³-hybridized carbons (Fsp3) is 0.286. The van der Waals surface area contributed by atoms with Crippen molar-refractivity contribution in [3.8, 4) is 5.88 Å². The van der Waals surface area contributed by atoms with Gasteiger partial charge in [0.1, 0.15) is 17.0 Å². The van der Waals surface area contributed by atoms with Crippen LogP contribution >= 0.6 is 0 Å². The van der Waals surface area contributed by atoms with Crippen LogP contribution in [0.4, 0.5) is 4.39 Å². The molecule has 3 aromatic rings. The molecule has 1 fully saturated rings. The van der Waals surface area contributed by atoms with Gasteiger partial charge in [-0.25, -0.2) is 14.4 Å². The third-order valence-corrected chi connectivity index (χ3v) is 4.96. The molecule has 2 unspecified atom stereocenters. The molecule has 0 radical (unpaired) electrons. The predicted molar refractivity (Wildman–Crippen MR) is 103 cm³/mol. The van der Waals surface area contributed by atoms with Gasteiger partial charge in [0, 0.05) is 24.3 Å². The highest BCUT2D eigenvalue weighted by atomic mass is 19.1. The zero-order chi connectivity index (χ0) is 20.4. The van der Waals surface area contributed by atoms with Gasteiger partial charge in [0.05, 0.1) is 18.8 Å². The predicted octanol–water partition coefficient (Wildman–Crippen LogP) is 1.94. The van der Waals surface area contributed by atoms with E-state index >= 15 is 0 Å². The van der Waals surface area contributed by atoms with Crippen molar-refractivity contribution >= 4 is 16.8 Å². The topological polar surface area (TPSA) is 105 Å². The standard InChI is InChI=1S/C21H20FN3O4/c22-15-3-1-2-14-13(8-12-4-5-19(27)23-10-12)9-17(24-20(14)15)21(28)25-16-6-7-29-11-18(16)26/h1-5,9-10,16,18,26H,6-8,11H2,(H,23,27)(H,25,28). The molecule has 1 aromatic carbocycles. The van der Waals surface area contributed by atoms with Gasteiger partial charge < -0.3 is 20.3 Å². The number of rotatable bonds is 4. The number of pyridine rings is 2. The van der Waals surface area contributed by atoms with Gasteiger partial charge in [0.15, 0.2) is 0 Å². The molecule has 1 aliphatic rings. The number of hydrogen-bond acceptors (Lipinski definition) is 6. The highest BCUT2D eigenvalue weighted by molar-refractivity contribution is 5.96. The Kier molecular flexibility index (Phi) is 5.37. The summed E-state index contributed by atoms with van der Waals surface area (Å²) in [5.74, 6) is -1.09. The fourth-order valence-corrected chi connectivity index (χ4v) is 3.42. The van der Waals surface area contributed by atoms with Crippen molar-refractivity contribution in [2.45, 2.75) is 25.0 Å². The van der Waals surface area contributed by atoms with Gasteiger partial charge >= 0.3 is 0 Å². The maximum Gasteiger partial charge on any atom is 0.270 e. The summed E-state index contributed by atoms with van der Waals surface area (Å²) in [6, 6.07) is 9.00. The van der Waals surface area contributed by atoms with Crippen LogP contribution in [0, 0.1) is 5.82 Å². The smallest absolute Gasteiger partial charge is 0.270 e. The maximum absolute atomic E-state index is 14.4. The first-order valence-corrected chi connectivity index (χ1v) is 9.30. The number of fused-ring (bicyclic) bond motifs is 1. The average Bonchev–Trinajstić information content (AvgIpc) is 2.72. The highest BCUT2D eigenvalue weighted by Gasteiger charge is 2.26. The van der Waals surface area contributed by atoms with Crippen LogP contribution in [0.2, 0.25) is 0 Å². The number of amides is 1. The number of ether oxygens (including phenoxy) is 1. The summed E-state index contributed by atoms with van der Waals surface area (Å²) in [4.78, 5) is 20.9. The van der Waals surface area contributed by atoms with Crippen molar-refractivity contribution in [3.05, 3.63) is 65.2 Å². The third kappa shape index (κ3) is 4.18. The largest absolute Gasteiger partial charge is 0.493 e. The maximum atomic E-state index is 14.4. The number of aliphatic hydroxyl groups excluding tert-OH is 1. The van der Waals surface area contributed by atoms with Crippen LogP contribution in [0.3, 0.4) is 0 Å². The number of aromatic nitrogens is 2. The quantitative estimate of drug-likeness (QED) is 0.622. The van der Waals surface area contributed by atoms with Crippen LogP contribution in [0.15, 0.2) is 42.6 Å². The molecule has 1 amide bonds. The van der Waals surface area contributed by atoms with E-state index in [1.807, 2.05) is 0 Å². The van der Waals surface area contributed by atoms with E-state index in [-0.39, 0.29) is 23.7 Å². The fourth-order valence-electron chi connectivity index (χ4n) is 3.42. The Morgan fingerprint density at radius 1 is 1.31 bits per heavy atom. The summed E-state index contributed by atoms with van der Waals surface area (Å²) in [7, 11) is 0.